The lowest BCUT2D eigenvalue weighted by molar-refractivity contribution is -0.137. The average molecular weight is 498 g/mol. The van der Waals surface area contributed by atoms with Crippen LogP contribution in [0.4, 0.5) is 30.6 Å². The number of anilines is 3. The van der Waals surface area contributed by atoms with Crippen LogP contribution in [0.3, 0.4) is 0 Å². The van der Waals surface area contributed by atoms with E-state index in [2.05, 4.69) is 20.6 Å². The number of halogens is 3. The molecule has 0 aliphatic rings. The quantitative estimate of drug-likeness (QED) is 0.463. The van der Waals surface area contributed by atoms with E-state index in [0.717, 1.165) is 6.26 Å². The van der Waals surface area contributed by atoms with Gasteiger partial charge in [0.1, 0.15) is 18.5 Å². The molecule has 0 atom stereocenters. The van der Waals surface area contributed by atoms with Crippen LogP contribution in [0.5, 0.6) is 0 Å². The number of nitrogens with one attached hydrogen (secondary N) is 2. The van der Waals surface area contributed by atoms with Crippen molar-refractivity contribution in [1.82, 2.24) is 9.97 Å². The van der Waals surface area contributed by atoms with Crippen molar-refractivity contribution in [3.05, 3.63) is 65.9 Å². The molecule has 3 rings (SSSR count). The number of alkyl halides is 3. The normalized spacial score (nSPS) is 12.4. The summed E-state index contributed by atoms with van der Waals surface area (Å²) in [5.74, 6) is -0.521. The van der Waals surface area contributed by atoms with Crippen molar-refractivity contribution >= 4 is 39.7 Å². The summed E-state index contributed by atoms with van der Waals surface area (Å²) in [5.41, 5.74) is -0.0716. The largest absolute Gasteiger partial charge is 0.421 e. The topological polar surface area (TPSA) is 101 Å². The predicted octanol–water partition coefficient (Wildman–Crippen LogP) is 4.50. The molecular formula is C21H22F3N4O3PS. The highest BCUT2D eigenvalue weighted by Gasteiger charge is 2.35. The van der Waals surface area contributed by atoms with Gasteiger partial charge in [0.15, 0.2) is 9.84 Å². The number of nitrogens with zero attached hydrogens (tertiary/aromatic N) is 2. The first-order valence-electron chi connectivity index (χ1n) is 9.63. The van der Waals surface area contributed by atoms with Crippen molar-refractivity contribution in [3.8, 4) is 0 Å². The monoisotopic (exact) mass is 498 g/mol. The van der Waals surface area contributed by atoms with Crippen LogP contribution in [-0.2, 0) is 27.1 Å². The van der Waals surface area contributed by atoms with E-state index in [1.807, 2.05) is 0 Å². The minimum atomic E-state index is -4.69. The summed E-state index contributed by atoms with van der Waals surface area (Å²) in [6, 6.07) is 12.5. The van der Waals surface area contributed by atoms with Gasteiger partial charge in [0.25, 0.3) is 0 Å². The molecule has 2 aromatic carbocycles. The molecular weight excluding hydrogens is 476 g/mol. The Hall–Kier alpha value is -2.91. The zero-order chi connectivity index (χ0) is 24.4. The third-order valence-electron chi connectivity index (χ3n) is 4.63. The zero-order valence-corrected chi connectivity index (χ0v) is 19.7. The average Bonchev–Trinajstić information content (AvgIpc) is 2.71. The van der Waals surface area contributed by atoms with E-state index in [0.29, 0.717) is 22.8 Å². The second kappa shape index (κ2) is 9.15. The highest BCUT2D eigenvalue weighted by molar-refractivity contribution is 7.90. The molecule has 0 fully saturated rings. The lowest BCUT2D eigenvalue weighted by Gasteiger charge is -2.15. The molecule has 0 saturated carbocycles. The number of rotatable bonds is 7. The maximum absolute atomic E-state index is 13.5. The highest BCUT2D eigenvalue weighted by Crippen LogP contribution is 2.36. The molecule has 0 unspecified atom stereocenters. The van der Waals surface area contributed by atoms with E-state index in [1.165, 1.54) is 18.2 Å². The molecule has 0 bridgehead atoms. The van der Waals surface area contributed by atoms with Crippen molar-refractivity contribution in [3.63, 3.8) is 0 Å². The molecule has 0 spiro atoms. The number of benzene rings is 2. The molecule has 7 nitrogen and oxygen atoms in total. The molecule has 0 radical (unpaired) electrons. The van der Waals surface area contributed by atoms with E-state index < -0.39 is 34.5 Å². The second-order valence-corrected chi connectivity index (χ2v) is 13.0. The van der Waals surface area contributed by atoms with Gasteiger partial charge >= 0.3 is 6.18 Å². The fraction of sp³-hybridized carbons (Fsp3) is 0.238. The molecule has 3 aromatic rings. The van der Waals surface area contributed by atoms with E-state index in [9.17, 15) is 26.2 Å². The van der Waals surface area contributed by atoms with E-state index in [-0.39, 0.29) is 17.4 Å². The summed E-state index contributed by atoms with van der Waals surface area (Å²) in [7, 11) is -5.89. The maximum Gasteiger partial charge on any atom is 0.421 e. The Bertz CT molecular complexity index is 1310. The summed E-state index contributed by atoms with van der Waals surface area (Å²) in [4.78, 5) is 7.79. The van der Waals surface area contributed by atoms with Crippen LogP contribution in [0.15, 0.2) is 59.6 Å². The molecule has 12 heteroatoms. The standard InChI is InChI=1S/C21H22F3N4O3PS/c1-32(2,29)16-9-7-15(8-10-16)27-20-26-13-18(21(22,23)24)19(28-20)25-12-14-5-4-6-17(11-14)33(3,30)31/h4-11,13H,12H2,1-3H3,(H2,25,26,27,28). The molecule has 2 N–H and O–H groups in total. The van der Waals surface area contributed by atoms with Gasteiger partial charge in [-0.15, -0.1) is 0 Å². The van der Waals surface area contributed by atoms with Gasteiger partial charge in [0.05, 0.1) is 4.90 Å². The number of hydrogen-bond acceptors (Lipinski definition) is 7. The van der Waals surface area contributed by atoms with E-state index >= 15 is 0 Å². The fourth-order valence-corrected chi connectivity index (χ4v) is 4.45. The Labute approximate surface area is 189 Å². The third kappa shape index (κ3) is 6.55. The smallest absolute Gasteiger partial charge is 0.365 e. The second-order valence-electron chi connectivity index (χ2n) is 7.75. The van der Waals surface area contributed by atoms with Gasteiger partial charge in [0.2, 0.25) is 5.95 Å². The van der Waals surface area contributed by atoms with Crippen molar-refractivity contribution in [2.24, 2.45) is 0 Å². The number of hydrogen-bond donors (Lipinski definition) is 2. The Kier molecular flexibility index (Phi) is 6.85. The fourth-order valence-electron chi connectivity index (χ4n) is 2.89. The van der Waals surface area contributed by atoms with Gasteiger partial charge in [-0.05, 0) is 55.3 Å². The Morgan fingerprint density at radius 1 is 1.06 bits per heavy atom. The van der Waals surface area contributed by atoms with Crippen LogP contribution in [0.25, 0.3) is 0 Å². The van der Waals surface area contributed by atoms with Gasteiger partial charge < -0.3 is 15.2 Å². The summed E-state index contributed by atoms with van der Waals surface area (Å²) in [6.45, 7) is 3.19. The summed E-state index contributed by atoms with van der Waals surface area (Å²) < 4.78 is 76.0. The predicted molar refractivity (Wildman–Crippen MR) is 123 cm³/mol. The van der Waals surface area contributed by atoms with Gasteiger partial charge in [0, 0.05) is 30.0 Å². The summed E-state index contributed by atoms with van der Waals surface area (Å²) in [5, 5.41) is 6.12. The van der Waals surface area contributed by atoms with Crippen LogP contribution in [0.2, 0.25) is 0 Å². The third-order valence-corrected chi connectivity index (χ3v) is 7.28. The van der Waals surface area contributed by atoms with Gasteiger partial charge in [-0.1, -0.05) is 12.1 Å². The number of aromatic nitrogens is 2. The first-order chi connectivity index (χ1) is 15.2. The molecule has 176 valence electrons. The Morgan fingerprint density at radius 2 is 1.73 bits per heavy atom. The van der Waals surface area contributed by atoms with Crippen LogP contribution in [-0.4, -0.2) is 38.0 Å². The minimum Gasteiger partial charge on any atom is -0.365 e. The van der Waals surface area contributed by atoms with Crippen LogP contribution in [0, 0.1) is 0 Å². The molecule has 1 aromatic heterocycles. The zero-order valence-electron chi connectivity index (χ0n) is 18.0. The first-order valence-corrected chi connectivity index (χ1v) is 14.1. The van der Waals surface area contributed by atoms with Crippen molar-refractivity contribution < 1.29 is 26.2 Å². The Morgan fingerprint density at radius 3 is 2.30 bits per heavy atom. The van der Waals surface area contributed by atoms with Gasteiger partial charge in [-0.25, -0.2) is 13.4 Å². The summed E-state index contributed by atoms with van der Waals surface area (Å²) >= 11 is 0. The van der Waals surface area contributed by atoms with Crippen LogP contribution >= 0.6 is 7.14 Å². The van der Waals surface area contributed by atoms with Crippen molar-refractivity contribution in [2.45, 2.75) is 17.6 Å². The molecule has 0 saturated heterocycles. The SMILES string of the molecule is CP(C)(=O)c1ccc(Nc2ncc(C(F)(F)F)c(NCc3cccc(S(C)(=O)=O)c3)n2)cc1. The van der Waals surface area contributed by atoms with Crippen molar-refractivity contribution in [2.75, 3.05) is 30.2 Å². The molecule has 0 amide bonds. The van der Waals surface area contributed by atoms with Gasteiger partial charge in [-0.2, -0.15) is 18.2 Å². The number of sulfone groups is 1. The van der Waals surface area contributed by atoms with Gasteiger partial charge in [-0.3, -0.25) is 0 Å². The molecule has 1 heterocycles. The molecule has 0 aliphatic carbocycles. The minimum absolute atomic E-state index is 0.0649. The lowest BCUT2D eigenvalue weighted by Crippen LogP contribution is -2.14. The molecule has 0 aliphatic heterocycles. The van der Waals surface area contributed by atoms with Crippen molar-refractivity contribution in [1.29, 1.82) is 0 Å². The highest BCUT2D eigenvalue weighted by atomic mass is 32.2. The first kappa shape index (κ1) is 24.7. The summed E-state index contributed by atoms with van der Waals surface area (Å²) in [6.07, 6.45) is -2.97. The van der Waals surface area contributed by atoms with E-state index in [4.69, 9.17) is 0 Å². The molecule has 33 heavy (non-hydrogen) atoms. The van der Waals surface area contributed by atoms with Crippen LogP contribution in [0.1, 0.15) is 11.1 Å². The maximum atomic E-state index is 13.5. The lowest BCUT2D eigenvalue weighted by atomic mass is 10.2. The van der Waals surface area contributed by atoms with E-state index in [1.54, 1.807) is 43.7 Å². The van der Waals surface area contributed by atoms with Crippen LogP contribution < -0.4 is 15.9 Å². The Balaban J connectivity index is 1.86.